The second-order valence-corrected chi connectivity index (χ2v) is 11.6. The molecule has 0 aliphatic heterocycles. The predicted molar refractivity (Wildman–Crippen MR) is 166 cm³/mol. The minimum atomic E-state index is -1.37. The fourth-order valence-electron chi connectivity index (χ4n) is 4.81. The third-order valence-corrected chi connectivity index (χ3v) is 7.42. The van der Waals surface area contributed by atoms with Crippen LogP contribution >= 0.6 is 0 Å². The summed E-state index contributed by atoms with van der Waals surface area (Å²) in [7, 11) is 0. The summed E-state index contributed by atoms with van der Waals surface area (Å²) >= 11 is 0. The van der Waals surface area contributed by atoms with Gasteiger partial charge in [0.2, 0.25) is 0 Å². The Bertz CT molecular complexity index is 678. The first kappa shape index (κ1) is 39.9. The molecule has 0 heterocycles. The van der Waals surface area contributed by atoms with Crippen LogP contribution in [0.25, 0.3) is 0 Å². The Balaban J connectivity index is 4.17. The molecule has 0 fully saturated rings. The molecule has 1 unspecified atom stereocenters. The van der Waals surface area contributed by atoms with Gasteiger partial charge in [-0.1, -0.05) is 142 Å². The molecule has 0 saturated carbocycles. The standard InChI is InChI=1S/C34H62O8/c1-3-5-7-9-11-13-15-17-19-21-23-25-31(37)40-29-34(42-33(39)28-27-30(35)36)41-32(38)26-24-22-20-18-16-14-12-10-8-6-4-2/h34H,3-29H2,1-2H3,(H,35,36). The fourth-order valence-corrected chi connectivity index (χ4v) is 4.81. The second-order valence-electron chi connectivity index (χ2n) is 11.6. The number of carbonyl (C=O) groups excluding carboxylic acids is 3. The summed E-state index contributed by atoms with van der Waals surface area (Å²) < 4.78 is 15.6. The number of hydrogen-bond acceptors (Lipinski definition) is 7. The monoisotopic (exact) mass is 598 g/mol. The van der Waals surface area contributed by atoms with Crippen LogP contribution < -0.4 is 0 Å². The van der Waals surface area contributed by atoms with E-state index in [9.17, 15) is 19.2 Å². The number of ether oxygens (including phenoxy) is 3. The van der Waals surface area contributed by atoms with Gasteiger partial charge in [-0.15, -0.1) is 0 Å². The maximum Gasteiger partial charge on any atom is 0.309 e. The largest absolute Gasteiger partial charge is 0.481 e. The van der Waals surface area contributed by atoms with Gasteiger partial charge in [0.15, 0.2) is 6.61 Å². The first-order valence-corrected chi connectivity index (χ1v) is 17.1. The zero-order chi connectivity index (χ0) is 31.1. The van der Waals surface area contributed by atoms with Crippen LogP contribution in [0.15, 0.2) is 0 Å². The smallest absolute Gasteiger partial charge is 0.309 e. The molecule has 8 nitrogen and oxygen atoms in total. The van der Waals surface area contributed by atoms with E-state index in [1.807, 2.05) is 0 Å². The highest BCUT2D eigenvalue weighted by Gasteiger charge is 2.21. The third-order valence-electron chi connectivity index (χ3n) is 7.42. The molecular weight excluding hydrogens is 536 g/mol. The summed E-state index contributed by atoms with van der Waals surface area (Å²) in [4.78, 5) is 47.3. The number of rotatable bonds is 31. The molecule has 0 aromatic rings. The van der Waals surface area contributed by atoms with E-state index in [2.05, 4.69) is 13.8 Å². The van der Waals surface area contributed by atoms with Gasteiger partial charge in [-0.3, -0.25) is 19.2 Å². The van der Waals surface area contributed by atoms with Gasteiger partial charge in [-0.2, -0.15) is 0 Å². The van der Waals surface area contributed by atoms with Gasteiger partial charge in [0.05, 0.1) is 12.8 Å². The molecule has 42 heavy (non-hydrogen) atoms. The minimum Gasteiger partial charge on any atom is -0.481 e. The fraction of sp³-hybridized carbons (Fsp3) is 0.882. The van der Waals surface area contributed by atoms with Crippen molar-refractivity contribution in [1.82, 2.24) is 0 Å². The lowest BCUT2D eigenvalue weighted by Crippen LogP contribution is -2.30. The van der Waals surface area contributed by atoms with Crippen LogP contribution in [-0.4, -0.2) is 41.9 Å². The van der Waals surface area contributed by atoms with E-state index < -0.39 is 36.6 Å². The van der Waals surface area contributed by atoms with E-state index in [0.29, 0.717) is 6.42 Å². The molecule has 0 aliphatic carbocycles. The van der Waals surface area contributed by atoms with Crippen molar-refractivity contribution in [2.45, 2.75) is 187 Å². The van der Waals surface area contributed by atoms with Crippen molar-refractivity contribution in [3.8, 4) is 0 Å². The molecular formula is C34H62O8. The van der Waals surface area contributed by atoms with Crippen LogP contribution in [-0.2, 0) is 33.4 Å². The van der Waals surface area contributed by atoms with Gasteiger partial charge in [0.1, 0.15) is 0 Å². The van der Waals surface area contributed by atoms with Crippen molar-refractivity contribution in [3.05, 3.63) is 0 Å². The van der Waals surface area contributed by atoms with E-state index in [1.54, 1.807) is 0 Å². The zero-order valence-corrected chi connectivity index (χ0v) is 27.0. The predicted octanol–water partition coefficient (Wildman–Crippen LogP) is 9.21. The Hall–Kier alpha value is -2.12. The van der Waals surface area contributed by atoms with E-state index in [0.717, 1.165) is 38.5 Å². The molecule has 0 aliphatic rings. The summed E-state index contributed by atoms with van der Waals surface area (Å²) in [6.45, 7) is 4.06. The normalized spacial score (nSPS) is 11.7. The molecule has 0 aromatic heterocycles. The van der Waals surface area contributed by atoms with E-state index >= 15 is 0 Å². The third kappa shape index (κ3) is 29.4. The molecule has 8 heteroatoms. The van der Waals surface area contributed by atoms with E-state index in [4.69, 9.17) is 19.3 Å². The number of aliphatic carboxylic acids is 1. The number of unbranched alkanes of at least 4 members (excludes halogenated alkanes) is 20. The van der Waals surface area contributed by atoms with Gasteiger partial charge >= 0.3 is 23.9 Å². The average molecular weight is 599 g/mol. The van der Waals surface area contributed by atoms with Gasteiger partial charge < -0.3 is 19.3 Å². The topological polar surface area (TPSA) is 116 Å². The van der Waals surface area contributed by atoms with Crippen LogP contribution in [0.4, 0.5) is 0 Å². The molecule has 1 N–H and O–H groups in total. The highest BCUT2D eigenvalue weighted by molar-refractivity contribution is 5.77. The van der Waals surface area contributed by atoms with Crippen molar-refractivity contribution in [3.63, 3.8) is 0 Å². The lowest BCUT2D eigenvalue weighted by Gasteiger charge is -2.18. The highest BCUT2D eigenvalue weighted by atomic mass is 16.7. The Labute approximate surface area is 256 Å². The summed E-state index contributed by atoms with van der Waals surface area (Å²) in [6.07, 6.45) is 24.1. The molecule has 0 amide bonds. The van der Waals surface area contributed by atoms with Gasteiger partial charge in [0, 0.05) is 12.8 Å². The first-order chi connectivity index (χ1) is 20.4. The Kier molecular flexibility index (Phi) is 28.8. The number of carboxylic acid groups (broad SMARTS) is 1. The van der Waals surface area contributed by atoms with Crippen molar-refractivity contribution in [2.24, 2.45) is 0 Å². The van der Waals surface area contributed by atoms with Crippen molar-refractivity contribution < 1.29 is 38.5 Å². The molecule has 1 atom stereocenters. The molecule has 0 bridgehead atoms. The van der Waals surface area contributed by atoms with Gasteiger partial charge in [0.25, 0.3) is 6.29 Å². The minimum absolute atomic E-state index is 0.187. The lowest BCUT2D eigenvalue weighted by atomic mass is 10.1. The van der Waals surface area contributed by atoms with E-state index in [-0.39, 0.29) is 25.9 Å². The van der Waals surface area contributed by atoms with Crippen molar-refractivity contribution >= 4 is 23.9 Å². The van der Waals surface area contributed by atoms with Crippen LogP contribution in [0.1, 0.15) is 181 Å². The number of carboxylic acids is 1. The molecule has 0 aromatic carbocycles. The molecule has 246 valence electrons. The van der Waals surface area contributed by atoms with Crippen LogP contribution in [0.2, 0.25) is 0 Å². The number of carbonyl (C=O) groups is 4. The van der Waals surface area contributed by atoms with E-state index in [1.165, 1.54) is 96.3 Å². The Morgan fingerprint density at radius 2 is 0.786 bits per heavy atom. The zero-order valence-electron chi connectivity index (χ0n) is 27.0. The van der Waals surface area contributed by atoms with Gasteiger partial charge in [-0.05, 0) is 12.8 Å². The van der Waals surface area contributed by atoms with Crippen LogP contribution in [0.3, 0.4) is 0 Å². The summed E-state index contributed by atoms with van der Waals surface area (Å²) in [5, 5.41) is 8.79. The number of hydrogen-bond donors (Lipinski definition) is 1. The first-order valence-electron chi connectivity index (χ1n) is 17.1. The SMILES string of the molecule is CCCCCCCCCCCCCC(=O)OCC(OC(=O)CCCCCCCCCCCCC)OC(=O)CCC(=O)O. The summed E-state index contributed by atoms with van der Waals surface area (Å²) in [5.41, 5.74) is 0. The summed E-state index contributed by atoms with van der Waals surface area (Å²) in [6, 6.07) is 0. The number of esters is 3. The highest BCUT2D eigenvalue weighted by Crippen LogP contribution is 2.14. The molecule has 0 saturated heterocycles. The van der Waals surface area contributed by atoms with Crippen LogP contribution in [0.5, 0.6) is 0 Å². The van der Waals surface area contributed by atoms with Crippen LogP contribution in [0, 0.1) is 0 Å². The molecule has 0 spiro atoms. The average Bonchev–Trinajstić information content (AvgIpc) is 2.96. The quantitative estimate of drug-likeness (QED) is 0.0477. The lowest BCUT2D eigenvalue weighted by molar-refractivity contribution is -0.200. The van der Waals surface area contributed by atoms with Crippen molar-refractivity contribution in [2.75, 3.05) is 6.61 Å². The maximum atomic E-state index is 12.3. The maximum absolute atomic E-state index is 12.3. The Morgan fingerprint density at radius 1 is 0.452 bits per heavy atom. The molecule has 0 rings (SSSR count). The Morgan fingerprint density at radius 3 is 1.17 bits per heavy atom. The molecule has 0 radical (unpaired) electrons. The second kappa shape index (κ2) is 30.3. The summed E-state index contributed by atoms with van der Waals surface area (Å²) in [5.74, 6) is -2.90. The van der Waals surface area contributed by atoms with Crippen molar-refractivity contribution in [1.29, 1.82) is 0 Å². The van der Waals surface area contributed by atoms with Gasteiger partial charge in [-0.25, -0.2) is 0 Å².